The number of carbonyl (C=O) groups is 1. The van der Waals surface area contributed by atoms with Crippen LogP contribution in [0.2, 0.25) is 5.02 Å². The van der Waals surface area contributed by atoms with E-state index < -0.39 is 6.09 Å². The Labute approximate surface area is 138 Å². The van der Waals surface area contributed by atoms with E-state index in [1.807, 2.05) is 12.1 Å². The zero-order valence-electron chi connectivity index (χ0n) is 12.6. The Kier molecular flexibility index (Phi) is 6.13. The number of anilines is 1. The van der Waals surface area contributed by atoms with Crippen molar-refractivity contribution in [2.45, 2.75) is 6.92 Å². The number of rotatable bonds is 6. The number of benzene rings is 1. The number of halogens is 1. The van der Waals surface area contributed by atoms with E-state index in [0.29, 0.717) is 16.5 Å². The average Bonchev–Trinajstić information content (AvgIpc) is 2.56. The van der Waals surface area contributed by atoms with Gasteiger partial charge in [0.25, 0.3) is 0 Å². The molecule has 0 bridgehead atoms. The van der Waals surface area contributed by atoms with E-state index in [1.54, 1.807) is 31.2 Å². The second-order valence-electron chi connectivity index (χ2n) is 4.49. The molecule has 23 heavy (non-hydrogen) atoms. The van der Waals surface area contributed by atoms with Crippen LogP contribution in [0.15, 0.2) is 36.4 Å². The van der Waals surface area contributed by atoms with Gasteiger partial charge in [-0.05, 0) is 31.2 Å². The Morgan fingerprint density at radius 3 is 2.57 bits per heavy atom. The lowest BCUT2D eigenvalue weighted by Crippen LogP contribution is -2.44. The molecule has 1 aromatic heterocycles. The summed E-state index contributed by atoms with van der Waals surface area (Å²) in [6, 6.07) is 10.7. The van der Waals surface area contributed by atoms with Crippen molar-refractivity contribution < 1.29 is 14.6 Å². The monoisotopic (exact) mass is 336 g/mol. The van der Waals surface area contributed by atoms with Crippen LogP contribution in [0.3, 0.4) is 0 Å². The zero-order valence-corrected chi connectivity index (χ0v) is 13.3. The van der Waals surface area contributed by atoms with E-state index in [0.717, 1.165) is 5.56 Å². The van der Waals surface area contributed by atoms with Crippen LogP contribution in [0.1, 0.15) is 6.92 Å². The minimum Gasteiger partial charge on any atom is -0.449 e. The van der Waals surface area contributed by atoms with Crippen molar-refractivity contribution in [1.82, 2.24) is 15.6 Å². The summed E-state index contributed by atoms with van der Waals surface area (Å²) < 4.78 is 4.81. The topological polar surface area (TPSA) is 87.6 Å². The number of hydrogen-bond acceptors (Lipinski definition) is 6. The number of carbonyl (C=O) groups excluding carboxylic acids is 1. The summed E-state index contributed by atoms with van der Waals surface area (Å²) in [5.74, 6) is 0.393. The zero-order chi connectivity index (χ0) is 16.7. The number of hydrazine groups is 1. The molecular formula is C15H17ClN4O3. The Balaban J connectivity index is 2.14. The summed E-state index contributed by atoms with van der Waals surface area (Å²) >= 11 is 5.86. The number of aliphatic hydroxyl groups is 1. The fourth-order valence-electron chi connectivity index (χ4n) is 1.85. The maximum absolute atomic E-state index is 11.5. The molecule has 2 N–H and O–H groups in total. The number of ether oxygens (including phenoxy) is 1. The molecule has 0 spiro atoms. The highest BCUT2D eigenvalue weighted by Crippen LogP contribution is 2.20. The molecule has 1 aromatic carbocycles. The summed E-state index contributed by atoms with van der Waals surface area (Å²) in [4.78, 5) is 11.5. The molecule has 0 atom stereocenters. The Morgan fingerprint density at radius 1 is 1.26 bits per heavy atom. The van der Waals surface area contributed by atoms with Gasteiger partial charge >= 0.3 is 6.09 Å². The predicted molar refractivity (Wildman–Crippen MR) is 87.1 cm³/mol. The van der Waals surface area contributed by atoms with Gasteiger partial charge in [-0.1, -0.05) is 23.7 Å². The van der Waals surface area contributed by atoms with E-state index in [4.69, 9.17) is 21.4 Å². The van der Waals surface area contributed by atoms with Gasteiger partial charge in [-0.2, -0.15) is 0 Å². The molecule has 1 heterocycles. The van der Waals surface area contributed by atoms with Gasteiger partial charge in [0.2, 0.25) is 0 Å². The van der Waals surface area contributed by atoms with Gasteiger partial charge < -0.3 is 9.84 Å². The van der Waals surface area contributed by atoms with Gasteiger partial charge in [-0.15, -0.1) is 10.2 Å². The largest absolute Gasteiger partial charge is 0.449 e. The van der Waals surface area contributed by atoms with Crippen molar-refractivity contribution in [1.29, 1.82) is 0 Å². The number of amides is 1. The third-order valence-electron chi connectivity index (χ3n) is 2.89. The summed E-state index contributed by atoms with van der Waals surface area (Å²) in [5, 5.41) is 19.3. The molecule has 1 amide bonds. The minimum absolute atomic E-state index is 0.160. The summed E-state index contributed by atoms with van der Waals surface area (Å²) in [5.41, 5.74) is 4.04. The van der Waals surface area contributed by atoms with Gasteiger partial charge in [-0.25, -0.2) is 10.2 Å². The summed E-state index contributed by atoms with van der Waals surface area (Å²) in [6.07, 6.45) is -0.621. The molecule has 0 unspecified atom stereocenters. The first-order chi connectivity index (χ1) is 11.1. The van der Waals surface area contributed by atoms with E-state index >= 15 is 0 Å². The maximum Gasteiger partial charge on any atom is 0.426 e. The predicted octanol–water partition coefficient (Wildman–Crippen LogP) is 2.26. The molecule has 0 saturated heterocycles. The van der Waals surface area contributed by atoms with E-state index in [1.165, 1.54) is 5.01 Å². The third kappa shape index (κ3) is 4.80. The van der Waals surface area contributed by atoms with Crippen molar-refractivity contribution >= 4 is 23.5 Å². The molecule has 2 aromatic rings. The Morgan fingerprint density at radius 2 is 2.00 bits per heavy atom. The SMILES string of the molecule is CCOC(=O)NN(CCO)c1ccc(-c2ccc(Cl)cc2)nn1. The number of nitrogens with one attached hydrogen (secondary N) is 1. The molecule has 7 nitrogen and oxygen atoms in total. The lowest BCUT2D eigenvalue weighted by molar-refractivity contribution is 0.150. The summed E-state index contributed by atoms with van der Waals surface area (Å²) in [6.45, 7) is 1.96. The first kappa shape index (κ1) is 17.0. The van der Waals surface area contributed by atoms with Crippen molar-refractivity contribution in [3.8, 4) is 11.3 Å². The Bertz CT molecular complexity index is 634. The minimum atomic E-state index is -0.621. The van der Waals surface area contributed by atoms with Crippen LogP contribution < -0.4 is 10.4 Å². The molecule has 0 saturated carbocycles. The number of hydrogen-bond donors (Lipinski definition) is 2. The Hall–Kier alpha value is -2.38. The normalized spacial score (nSPS) is 10.2. The molecule has 0 aliphatic heterocycles. The molecule has 8 heteroatoms. The van der Waals surface area contributed by atoms with Crippen molar-refractivity contribution in [3.05, 3.63) is 41.4 Å². The lowest BCUT2D eigenvalue weighted by atomic mass is 10.1. The van der Waals surface area contributed by atoms with Crippen molar-refractivity contribution in [3.63, 3.8) is 0 Å². The highest BCUT2D eigenvalue weighted by molar-refractivity contribution is 6.30. The van der Waals surface area contributed by atoms with Gasteiger partial charge in [0.1, 0.15) is 0 Å². The van der Waals surface area contributed by atoms with Gasteiger partial charge in [-0.3, -0.25) is 5.01 Å². The highest BCUT2D eigenvalue weighted by atomic mass is 35.5. The fraction of sp³-hybridized carbons (Fsp3) is 0.267. The second-order valence-corrected chi connectivity index (χ2v) is 4.93. The molecule has 2 rings (SSSR count). The smallest absolute Gasteiger partial charge is 0.426 e. The van der Waals surface area contributed by atoms with Crippen molar-refractivity contribution in [2.75, 3.05) is 24.8 Å². The van der Waals surface area contributed by atoms with Gasteiger partial charge in [0, 0.05) is 10.6 Å². The van der Waals surface area contributed by atoms with Gasteiger partial charge in [0.15, 0.2) is 5.82 Å². The standard InChI is InChI=1S/C15H17ClN4O3/c1-2-23-15(22)19-20(9-10-21)14-8-7-13(17-18-14)11-3-5-12(16)6-4-11/h3-8,21H,2,9-10H2,1H3,(H,19,22). The van der Waals surface area contributed by atoms with Crippen LogP contribution in [-0.2, 0) is 4.74 Å². The summed E-state index contributed by atoms with van der Waals surface area (Å²) in [7, 11) is 0. The molecule has 0 aliphatic carbocycles. The number of aliphatic hydroxyl groups excluding tert-OH is 1. The maximum atomic E-state index is 11.5. The van der Waals surface area contributed by atoms with Crippen LogP contribution in [0, 0.1) is 0 Å². The quantitative estimate of drug-likeness (QED) is 0.787. The molecule has 122 valence electrons. The second kappa shape index (κ2) is 8.30. The fourth-order valence-corrected chi connectivity index (χ4v) is 1.97. The van der Waals surface area contributed by atoms with Crippen LogP contribution in [-0.4, -0.2) is 41.2 Å². The number of aromatic nitrogens is 2. The van der Waals surface area contributed by atoms with Crippen LogP contribution in [0.4, 0.5) is 10.6 Å². The molecule has 0 radical (unpaired) electrons. The van der Waals surface area contributed by atoms with E-state index in [9.17, 15) is 4.79 Å². The highest BCUT2D eigenvalue weighted by Gasteiger charge is 2.12. The first-order valence-corrected chi connectivity index (χ1v) is 7.43. The lowest BCUT2D eigenvalue weighted by Gasteiger charge is -2.22. The van der Waals surface area contributed by atoms with E-state index in [2.05, 4.69) is 15.6 Å². The van der Waals surface area contributed by atoms with Crippen LogP contribution >= 0.6 is 11.6 Å². The molecule has 0 fully saturated rings. The van der Waals surface area contributed by atoms with E-state index in [-0.39, 0.29) is 19.8 Å². The van der Waals surface area contributed by atoms with Crippen LogP contribution in [0.25, 0.3) is 11.3 Å². The average molecular weight is 337 g/mol. The van der Waals surface area contributed by atoms with Crippen molar-refractivity contribution in [2.24, 2.45) is 0 Å². The third-order valence-corrected chi connectivity index (χ3v) is 3.14. The molecular weight excluding hydrogens is 320 g/mol. The van der Waals surface area contributed by atoms with Gasteiger partial charge in [0.05, 0.1) is 25.5 Å². The molecule has 0 aliphatic rings. The van der Waals surface area contributed by atoms with Crippen LogP contribution in [0.5, 0.6) is 0 Å². The number of nitrogens with zero attached hydrogens (tertiary/aromatic N) is 3. The first-order valence-electron chi connectivity index (χ1n) is 7.05.